The van der Waals surface area contributed by atoms with Gasteiger partial charge in [0.05, 0.1) is 18.2 Å². The summed E-state index contributed by atoms with van der Waals surface area (Å²) in [5, 5.41) is 18.0. The minimum atomic E-state index is -1.07. The van der Waals surface area contributed by atoms with Crippen LogP contribution < -0.4 is 5.73 Å². The molecule has 4 N–H and O–H groups in total. The normalized spacial score (nSPS) is 37.7. The van der Waals surface area contributed by atoms with Gasteiger partial charge in [-0.3, -0.25) is 0 Å². The maximum atomic E-state index is 10.4. The Labute approximate surface area is 64.4 Å². The number of aliphatic hydroxyl groups is 1. The molecule has 0 aromatic rings. The average Bonchev–Trinajstić information content (AvgIpc) is 2.08. The molecule has 0 aromatic heterocycles. The van der Waals surface area contributed by atoms with Crippen LogP contribution in [0.25, 0.3) is 0 Å². The molecule has 0 aliphatic carbocycles. The van der Waals surface area contributed by atoms with Crippen molar-refractivity contribution < 1.29 is 15.0 Å². The SMILES string of the molecule is CC1(O)CN(C(=O)O)CC1N. The summed E-state index contributed by atoms with van der Waals surface area (Å²) in [5.41, 5.74) is 4.41. The van der Waals surface area contributed by atoms with E-state index in [9.17, 15) is 9.90 Å². The van der Waals surface area contributed by atoms with Crippen LogP contribution in [0.1, 0.15) is 6.92 Å². The summed E-state index contributed by atoms with van der Waals surface area (Å²) in [6, 6.07) is -0.474. The lowest BCUT2D eigenvalue weighted by atomic mass is 10.0. The van der Waals surface area contributed by atoms with E-state index in [1.807, 2.05) is 0 Å². The zero-order valence-electron chi connectivity index (χ0n) is 6.32. The number of rotatable bonds is 0. The van der Waals surface area contributed by atoms with E-state index >= 15 is 0 Å². The molecular weight excluding hydrogens is 148 g/mol. The van der Waals surface area contributed by atoms with Crippen molar-refractivity contribution in [2.45, 2.75) is 18.6 Å². The monoisotopic (exact) mass is 160 g/mol. The first-order valence-electron chi connectivity index (χ1n) is 3.39. The Kier molecular flexibility index (Phi) is 1.77. The molecule has 0 saturated carbocycles. The molecule has 1 amide bonds. The van der Waals surface area contributed by atoms with Crippen LogP contribution in [0.2, 0.25) is 0 Å². The Bertz CT molecular complexity index is 181. The molecular formula is C6H12N2O3. The fourth-order valence-corrected chi connectivity index (χ4v) is 1.15. The Morgan fingerprint density at radius 2 is 2.36 bits per heavy atom. The van der Waals surface area contributed by atoms with Gasteiger partial charge in [-0.25, -0.2) is 4.79 Å². The van der Waals surface area contributed by atoms with Crippen LogP contribution in [0, 0.1) is 0 Å². The zero-order valence-corrected chi connectivity index (χ0v) is 6.32. The van der Waals surface area contributed by atoms with Crippen LogP contribution in [0.5, 0.6) is 0 Å². The van der Waals surface area contributed by atoms with Crippen molar-refractivity contribution in [3.8, 4) is 0 Å². The van der Waals surface area contributed by atoms with Crippen LogP contribution in [-0.2, 0) is 0 Å². The maximum absolute atomic E-state index is 10.4. The van der Waals surface area contributed by atoms with E-state index in [2.05, 4.69) is 0 Å². The largest absolute Gasteiger partial charge is 0.465 e. The first kappa shape index (κ1) is 8.29. The lowest BCUT2D eigenvalue weighted by Crippen LogP contribution is -2.44. The topological polar surface area (TPSA) is 86.8 Å². The number of carboxylic acid groups (broad SMARTS) is 1. The van der Waals surface area contributed by atoms with Crippen LogP contribution in [-0.4, -0.2) is 45.9 Å². The van der Waals surface area contributed by atoms with Gasteiger partial charge in [-0.2, -0.15) is 0 Å². The number of nitrogens with zero attached hydrogens (tertiary/aromatic N) is 1. The van der Waals surface area contributed by atoms with Gasteiger partial charge in [0.25, 0.3) is 0 Å². The molecule has 1 heterocycles. The van der Waals surface area contributed by atoms with Crippen LogP contribution in [0.3, 0.4) is 0 Å². The van der Waals surface area contributed by atoms with E-state index in [0.717, 1.165) is 4.90 Å². The second-order valence-corrected chi connectivity index (χ2v) is 3.13. The van der Waals surface area contributed by atoms with Crippen molar-refractivity contribution >= 4 is 6.09 Å². The van der Waals surface area contributed by atoms with Crippen LogP contribution in [0.4, 0.5) is 4.79 Å². The molecule has 64 valence electrons. The summed E-state index contributed by atoms with van der Waals surface area (Å²) in [4.78, 5) is 11.5. The number of hydrogen-bond donors (Lipinski definition) is 3. The van der Waals surface area contributed by atoms with Crippen LogP contribution >= 0.6 is 0 Å². The maximum Gasteiger partial charge on any atom is 0.407 e. The summed E-state index contributed by atoms with van der Waals surface area (Å²) < 4.78 is 0. The van der Waals surface area contributed by atoms with Gasteiger partial charge in [0, 0.05) is 6.54 Å². The number of amides is 1. The molecule has 2 unspecified atom stereocenters. The molecule has 1 fully saturated rings. The third-order valence-corrected chi connectivity index (χ3v) is 2.00. The molecule has 0 radical (unpaired) electrons. The number of nitrogens with two attached hydrogens (primary N) is 1. The lowest BCUT2D eigenvalue weighted by Gasteiger charge is -2.19. The second kappa shape index (κ2) is 2.35. The summed E-state index contributed by atoms with van der Waals surface area (Å²) in [6.07, 6.45) is -1.03. The molecule has 1 aliphatic heterocycles. The molecule has 0 bridgehead atoms. The van der Waals surface area contributed by atoms with E-state index in [4.69, 9.17) is 10.8 Å². The van der Waals surface area contributed by atoms with Crippen molar-refractivity contribution in [2.24, 2.45) is 5.73 Å². The molecule has 0 aromatic carbocycles. The highest BCUT2D eigenvalue weighted by atomic mass is 16.4. The molecule has 2 atom stereocenters. The molecule has 1 rings (SSSR count). The first-order chi connectivity index (χ1) is 4.93. The minimum absolute atomic E-state index is 0.101. The smallest absolute Gasteiger partial charge is 0.407 e. The van der Waals surface area contributed by atoms with Crippen molar-refractivity contribution in [2.75, 3.05) is 13.1 Å². The predicted molar refractivity (Wildman–Crippen MR) is 38.2 cm³/mol. The highest BCUT2D eigenvalue weighted by molar-refractivity contribution is 5.65. The first-order valence-corrected chi connectivity index (χ1v) is 3.39. The summed E-state index contributed by atoms with van der Waals surface area (Å²) in [7, 11) is 0. The third-order valence-electron chi connectivity index (χ3n) is 2.00. The van der Waals surface area contributed by atoms with Crippen LogP contribution in [0.15, 0.2) is 0 Å². The highest BCUT2D eigenvalue weighted by Gasteiger charge is 2.41. The summed E-state index contributed by atoms with van der Waals surface area (Å²) >= 11 is 0. The van der Waals surface area contributed by atoms with Crippen molar-refractivity contribution in [3.05, 3.63) is 0 Å². The highest BCUT2D eigenvalue weighted by Crippen LogP contribution is 2.18. The van der Waals surface area contributed by atoms with Crippen molar-refractivity contribution in [1.29, 1.82) is 0 Å². The quantitative estimate of drug-likeness (QED) is 0.426. The van der Waals surface area contributed by atoms with E-state index in [0.29, 0.717) is 0 Å². The zero-order chi connectivity index (χ0) is 8.65. The number of β-amino-alcohol motifs (C(OH)–C–C–N with tert-alkyl or cyclic N) is 1. The third kappa shape index (κ3) is 1.44. The van der Waals surface area contributed by atoms with Gasteiger partial charge in [-0.05, 0) is 6.92 Å². The predicted octanol–water partition coefficient (Wildman–Crippen LogP) is -0.942. The molecule has 5 heteroatoms. The fraction of sp³-hybridized carbons (Fsp3) is 0.833. The van der Waals surface area contributed by atoms with E-state index in [-0.39, 0.29) is 13.1 Å². The van der Waals surface area contributed by atoms with E-state index < -0.39 is 17.7 Å². The number of hydrogen-bond acceptors (Lipinski definition) is 3. The van der Waals surface area contributed by atoms with Crippen molar-refractivity contribution in [1.82, 2.24) is 4.90 Å². The summed E-state index contributed by atoms with van der Waals surface area (Å²) in [6.45, 7) is 1.85. The van der Waals surface area contributed by atoms with Gasteiger partial charge in [0.2, 0.25) is 0 Å². The van der Waals surface area contributed by atoms with Gasteiger partial charge in [0.1, 0.15) is 0 Å². The Morgan fingerprint density at radius 3 is 2.55 bits per heavy atom. The molecule has 1 saturated heterocycles. The van der Waals surface area contributed by atoms with Gasteiger partial charge in [-0.15, -0.1) is 0 Å². The fourth-order valence-electron chi connectivity index (χ4n) is 1.15. The van der Waals surface area contributed by atoms with Gasteiger partial charge in [-0.1, -0.05) is 0 Å². The standard InChI is InChI=1S/C6H12N2O3/c1-6(11)3-8(5(9)10)2-4(6)7/h4,11H,2-3,7H2,1H3,(H,9,10). The molecule has 0 spiro atoms. The number of carbonyl (C=O) groups is 1. The Balaban J connectivity index is 2.64. The Morgan fingerprint density at radius 1 is 1.82 bits per heavy atom. The minimum Gasteiger partial charge on any atom is -0.465 e. The van der Waals surface area contributed by atoms with Gasteiger partial charge < -0.3 is 20.8 Å². The van der Waals surface area contributed by atoms with E-state index in [1.165, 1.54) is 0 Å². The Hall–Kier alpha value is -0.810. The molecule has 11 heavy (non-hydrogen) atoms. The van der Waals surface area contributed by atoms with Crippen molar-refractivity contribution in [3.63, 3.8) is 0 Å². The average molecular weight is 160 g/mol. The molecule has 1 aliphatic rings. The lowest BCUT2D eigenvalue weighted by molar-refractivity contribution is 0.0554. The van der Waals surface area contributed by atoms with Gasteiger partial charge >= 0.3 is 6.09 Å². The summed E-state index contributed by atoms with van der Waals surface area (Å²) in [5.74, 6) is 0. The van der Waals surface area contributed by atoms with Gasteiger partial charge in [0.15, 0.2) is 0 Å². The van der Waals surface area contributed by atoms with E-state index in [1.54, 1.807) is 6.92 Å². The number of likely N-dealkylation sites (tertiary alicyclic amines) is 1. The second-order valence-electron chi connectivity index (χ2n) is 3.13. The molecule has 5 nitrogen and oxygen atoms in total.